The first kappa shape index (κ1) is 13.6. The summed E-state index contributed by atoms with van der Waals surface area (Å²) in [4.78, 5) is 12.0. The van der Waals surface area contributed by atoms with Crippen LogP contribution < -0.4 is 10.1 Å². The molecule has 1 aromatic carbocycles. The molecule has 6 heteroatoms. The number of ether oxygens (including phenoxy) is 1. The van der Waals surface area contributed by atoms with Crippen LogP contribution in [-0.4, -0.2) is 13.0 Å². The van der Waals surface area contributed by atoms with Gasteiger partial charge in [-0.15, -0.1) is 11.3 Å². The lowest BCUT2D eigenvalue weighted by atomic mass is 10.2. The van der Waals surface area contributed by atoms with Crippen LogP contribution in [0.25, 0.3) is 0 Å². The molecule has 0 unspecified atom stereocenters. The summed E-state index contributed by atoms with van der Waals surface area (Å²) in [5, 5.41) is 13.3. The number of nitrogens with zero attached hydrogens (tertiary/aromatic N) is 1. The van der Waals surface area contributed by atoms with Crippen molar-refractivity contribution >= 4 is 38.9 Å². The third-order valence-electron chi connectivity index (χ3n) is 2.41. The van der Waals surface area contributed by atoms with Gasteiger partial charge in [-0.2, -0.15) is 5.26 Å². The quantitative estimate of drug-likeness (QED) is 0.930. The van der Waals surface area contributed by atoms with Crippen molar-refractivity contribution in [2.24, 2.45) is 0 Å². The smallest absolute Gasteiger partial charge is 0.256 e. The summed E-state index contributed by atoms with van der Waals surface area (Å²) in [7, 11) is 1.49. The van der Waals surface area contributed by atoms with E-state index >= 15 is 0 Å². The monoisotopic (exact) mass is 336 g/mol. The largest absolute Gasteiger partial charge is 0.495 e. The highest BCUT2D eigenvalue weighted by atomic mass is 79.9. The van der Waals surface area contributed by atoms with Gasteiger partial charge in [0.1, 0.15) is 5.75 Å². The first-order valence-electron chi connectivity index (χ1n) is 5.27. The van der Waals surface area contributed by atoms with Gasteiger partial charge in [0.25, 0.3) is 5.91 Å². The van der Waals surface area contributed by atoms with Crippen molar-refractivity contribution in [3.63, 3.8) is 0 Å². The number of rotatable bonds is 3. The molecule has 0 fully saturated rings. The molecule has 0 atom stereocenters. The predicted molar refractivity (Wildman–Crippen MR) is 77.7 cm³/mol. The number of thiophene rings is 1. The number of amides is 1. The average Bonchev–Trinajstić information content (AvgIpc) is 2.86. The lowest BCUT2D eigenvalue weighted by Gasteiger charge is -2.09. The number of hydrogen-bond acceptors (Lipinski definition) is 4. The Hall–Kier alpha value is -1.84. The Morgan fingerprint density at radius 1 is 1.47 bits per heavy atom. The molecule has 0 radical (unpaired) electrons. The van der Waals surface area contributed by atoms with Crippen LogP contribution in [0.4, 0.5) is 5.69 Å². The molecule has 0 saturated heterocycles. The molecule has 0 aliphatic heterocycles. The Morgan fingerprint density at radius 2 is 2.26 bits per heavy atom. The summed E-state index contributed by atoms with van der Waals surface area (Å²) < 4.78 is 6.05. The van der Waals surface area contributed by atoms with Gasteiger partial charge < -0.3 is 10.1 Å². The van der Waals surface area contributed by atoms with Crippen LogP contribution in [-0.2, 0) is 0 Å². The second-order valence-corrected chi connectivity index (χ2v) is 5.91. The van der Waals surface area contributed by atoms with Gasteiger partial charge in [-0.1, -0.05) is 0 Å². The minimum Gasteiger partial charge on any atom is -0.495 e. The van der Waals surface area contributed by atoms with Crippen molar-refractivity contribution in [1.29, 1.82) is 5.26 Å². The molecule has 0 spiro atoms. The van der Waals surface area contributed by atoms with Gasteiger partial charge >= 0.3 is 0 Å². The zero-order valence-corrected chi connectivity index (χ0v) is 12.3. The molecular weight excluding hydrogens is 328 g/mol. The SMILES string of the molecule is COc1cc(C#N)ccc1NC(=O)c1csc(Br)c1. The van der Waals surface area contributed by atoms with Crippen molar-refractivity contribution in [2.45, 2.75) is 0 Å². The van der Waals surface area contributed by atoms with E-state index in [1.165, 1.54) is 18.4 Å². The Balaban J connectivity index is 2.24. The number of hydrogen-bond donors (Lipinski definition) is 1. The third kappa shape index (κ3) is 3.13. The van der Waals surface area contributed by atoms with Crippen molar-refractivity contribution in [2.75, 3.05) is 12.4 Å². The number of carbonyl (C=O) groups excluding carboxylic acids is 1. The van der Waals surface area contributed by atoms with E-state index in [-0.39, 0.29) is 5.91 Å². The topological polar surface area (TPSA) is 62.1 Å². The predicted octanol–water partition coefficient (Wildman–Crippen LogP) is 3.64. The van der Waals surface area contributed by atoms with E-state index < -0.39 is 0 Å². The van der Waals surface area contributed by atoms with Crippen LogP contribution in [0.1, 0.15) is 15.9 Å². The second-order valence-electron chi connectivity index (χ2n) is 3.62. The molecule has 0 aliphatic carbocycles. The molecular formula is C13H9BrN2O2S. The molecule has 1 N–H and O–H groups in total. The highest BCUT2D eigenvalue weighted by Crippen LogP contribution is 2.27. The maximum absolute atomic E-state index is 12.0. The van der Waals surface area contributed by atoms with Crippen LogP contribution >= 0.6 is 27.3 Å². The maximum atomic E-state index is 12.0. The van der Waals surface area contributed by atoms with Crippen LogP contribution in [0, 0.1) is 11.3 Å². The fraction of sp³-hybridized carbons (Fsp3) is 0.0769. The Kier molecular flexibility index (Phi) is 4.20. The van der Waals surface area contributed by atoms with Crippen LogP contribution in [0.15, 0.2) is 33.4 Å². The minimum atomic E-state index is -0.218. The van der Waals surface area contributed by atoms with E-state index in [4.69, 9.17) is 10.00 Å². The number of carbonyl (C=O) groups is 1. The lowest BCUT2D eigenvalue weighted by Crippen LogP contribution is -2.11. The van der Waals surface area contributed by atoms with E-state index in [1.54, 1.807) is 29.6 Å². The maximum Gasteiger partial charge on any atom is 0.256 e. The van der Waals surface area contributed by atoms with E-state index in [0.717, 1.165) is 3.79 Å². The van der Waals surface area contributed by atoms with Gasteiger partial charge in [0, 0.05) is 11.4 Å². The third-order valence-corrected chi connectivity index (χ3v) is 3.91. The van der Waals surface area contributed by atoms with Crippen molar-refractivity contribution in [3.8, 4) is 11.8 Å². The van der Waals surface area contributed by atoms with E-state index in [9.17, 15) is 4.79 Å². The van der Waals surface area contributed by atoms with Gasteiger partial charge in [0.15, 0.2) is 0 Å². The molecule has 2 rings (SSSR count). The molecule has 4 nitrogen and oxygen atoms in total. The fourth-order valence-electron chi connectivity index (χ4n) is 1.49. The first-order chi connectivity index (χ1) is 9.13. The normalized spacial score (nSPS) is 9.74. The van der Waals surface area contributed by atoms with Gasteiger partial charge in [-0.3, -0.25) is 4.79 Å². The highest BCUT2D eigenvalue weighted by molar-refractivity contribution is 9.11. The van der Waals surface area contributed by atoms with Crippen LogP contribution in [0.3, 0.4) is 0 Å². The average molecular weight is 337 g/mol. The lowest BCUT2D eigenvalue weighted by molar-refractivity contribution is 0.102. The number of nitrogens with one attached hydrogen (secondary N) is 1. The van der Waals surface area contributed by atoms with Crippen LogP contribution in [0.2, 0.25) is 0 Å². The summed E-state index contributed by atoms with van der Waals surface area (Å²) >= 11 is 4.75. The number of nitriles is 1. The minimum absolute atomic E-state index is 0.218. The summed E-state index contributed by atoms with van der Waals surface area (Å²) in [5.74, 6) is 0.242. The number of benzene rings is 1. The first-order valence-corrected chi connectivity index (χ1v) is 6.95. The Morgan fingerprint density at radius 3 is 2.84 bits per heavy atom. The molecule has 1 aromatic heterocycles. The van der Waals surface area contributed by atoms with E-state index in [2.05, 4.69) is 21.2 Å². The fourth-order valence-corrected chi connectivity index (χ4v) is 2.62. The number of anilines is 1. The Bertz CT molecular complexity index is 661. The number of halogens is 1. The van der Waals surface area contributed by atoms with Gasteiger partial charge in [-0.25, -0.2) is 0 Å². The zero-order chi connectivity index (χ0) is 13.8. The zero-order valence-electron chi connectivity index (χ0n) is 9.94. The van der Waals surface area contributed by atoms with Crippen LogP contribution in [0.5, 0.6) is 5.75 Å². The van der Waals surface area contributed by atoms with E-state index in [0.29, 0.717) is 22.6 Å². The molecule has 1 amide bonds. The molecule has 2 aromatic rings. The molecule has 0 bridgehead atoms. The molecule has 0 saturated carbocycles. The Labute approximate surface area is 122 Å². The van der Waals surface area contributed by atoms with Crippen molar-refractivity contribution in [1.82, 2.24) is 0 Å². The summed E-state index contributed by atoms with van der Waals surface area (Å²) in [6, 6.07) is 8.62. The van der Waals surface area contributed by atoms with Gasteiger partial charge in [0.2, 0.25) is 0 Å². The van der Waals surface area contributed by atoms with Crippen molar-refractivity contribution in [3.05, 3.63) is 44.6 Å². The standard InChI is InChI=1S/C13H9BrN2O2S/c1-18-11-4-8(6-15)2-3-10(11)16-13(17)9-5-12(14)19-7-9/h2-5,7H,1H3,(H,16,17). The molecule has 96 valence electrons. The molecule has 0 aliphatic rings. The summed E-state index contributed by atoms with van der Waals surface area (Å²) in [5.41, 5.74) is 1.59. The van der Waals surface area contributed by atoms with E-state index in [1.807, 2.05) is 6.07 Å². The summed E-state index contributed by atoms with van der Waals surface area (Å²) in [6.45, 7) is 0. The van der Waals surface area contributed by atoms with Gasteiger partial charge in [0.05, 0.1) is 33.8 Å². The highest BCUT2D eigenvalue weighted by Gasteiger charge is 2.11. The molecule has 1 heterocycles. The molecule has 19 heavy (non-hydrogen) atoms. The van der Waals surface area contributed by atoms with Crippen molar-refractivity contribution < 1.29 is 9.53 Å². The summed E-state index contributed by atoms with van der Waals surface area (Å²) in [6.07, 6.45) is 0. The number of methoxy groups -OCH3 is 1. The second kappa shape index (κ2) is 5.87. The van der Waals surface area contributed by atoms with Gasteiger partial charge in [-0.05, 0) is 34.1 Å².